The molecule has 0 atom stereocenters. The summed E-state index contributed by atoms with van der Waals surface area (Å²) in [6, 6.07) is 6.13. The highest BCUT2D eigenvalue weighted by Gasteiger charge is 2.29. The summed E-state index contributed by atoms with van der Waals surface area (Å²) in [6.45, 7) is 12.0. The summed E-state index contributed by atoms with van der Waals surface area (Å²) in [5.74, 6) is 0. The first kappa shape index (κ1) is 16.0. The average Bonchev–Trinajstić information content (AvgIpc) is 2.32. The van der Waals surface area contributed by atoms with Crippen LogP contribution >= 0.6 is 7.29 Å². The fourth-order valence-corrected chi connectivity index (χ4v) is 4.05. The molecular formula is C15H25N2OP. The molecule has 4 heteroatoms. The third-order valence-corrected chi connectivity index (χ3v) is 6.84. The average molecular weight is 280 g/mol. The van der Waals surface area contributed by atoms with Crippen LogP contribution in [0.5, 0.6) is 0 Å². The smallest absolute Gasteiger partial charge is 0.196 e. The summed E-state index contributed by atoms with van der Waals surface area (Å²) in [6.07, 6.45) is 1.61. The van der Waals surface area contributed by atoms with E-state index >= 15 is 0 Å². The number of anilines is 1. The van der Waals surface area contributed by atoms with Crippen LogP contribution < -0.4 is 5.32 Å². The second-order valence-electron chi connectivity index (χ2n) is 5.52. The van der Waals surface area contributed by atoms with Gasteiger partial charge < -0.3 is 5.32 Å². The van der Waals surface area contributed by atoms with Gasteiger partial charge in [-0.1, -0.05) is 45.9 Å². The van der Waals surface area contributed by atoms with Crippen LogP contribution in [0.3, 0.4) is 0 Å². The maximum absolute atomic E-state index is 12.7. The van der Waals surface area contributed by atoms with Crippen LogP contribution in [0.2, 0.25) is 0 Å². The first-order valence-electron chi connectivity index (χ1n) is 6.75. The Kier molecular flexibility index (Phi) is 5.37. The zero-order valence-electron chi connectivity index (χ0n) is 12.8. The van der Waals surface area contributed by atoms with E-state index in [9.17, 15) is 4.57 Å². The molecule has 0 aliphatic rings. The Morgan fingerprint density at radius 1 is 1.11 bits per heavy atom. The number of para-hydroxylation sites is 1. The number of benzene rings is 1. The number of aryl methyl sites for hydroxylation is 2. The third-order valence-electron chi connectivity index (χ3n) is 3.41. The molecule has 0 unspecified atom stereocenters. The lowest BCUT2D eigenvalue weighted by atomic mass is 10.1. The van der Waals surface area contributed by atoms with Gasteiger partial charge in [-0.05, 0) is 25.0 Å². The van der Waals surface area contributed by atoms with E-state index in [0.29, 0.717) is 0 Å². The van der Waals surface area contributed by atoms with Gasteiger partial charge in [0.15, 0.2) is 7.29 Å². The quantitative estimate of drug-likeness (QED) is 0.476. The minimum atomic E-state index is -2.52. The molecule has 0 aliphatic carbocycles. The minimum absolute atomic E-state index is 0.0727. The SMILES string of the molecule is Cc1cccc(C)c1NC=NP(=O)(C(C)C)C(C)C. The predicted octanol–water partition coefficient (Wildman–Crippen LogP) is 4.84. The van der Waals surface area contributed by atoms with Gasteiger partial charge in [-0.2, -0.15) is 0 Å². The molecular weight excluding hydrogens is 255 g/mol. The molecule has 1 aromatic rings. The Balaban J connectivity index is 2.92. The van der Waals surface area contributed by atoms with Gasteiger partial charge in [-0.25, -0.2) is 4.76 Å². The summed E-state index contributed by atoms with van der Waals surface area (Å²) >= 11 is 0. The number of rotatable bonds is 5. The third kappa shape index (κ3) is 3.70. The summed E-state index contributed by atoms with van der Waals surface area (Å²) in [4.78, 5) is 0. The first-order valence-corrected chi connectivity index (χ1v) is 8.55. The summed E-state index contributed by atoms with van der Waals surface area (Å²) in [5.41, 5.74) is 3.52. The second-order valence-corrected chi connectivity index (χ2v) is 9.16. The normalized spacial score (nSPS) is 12.6. The molecule has 1 rings (SSSR count). The van der Waals surface area contributed by atoms with Crippen LogP contribution in [0.4, 0.5) is 5.69 Å². The van der Waals surface area contributed by atoms with Crippen LogP contribution in [-0.2, 0) is 4.57 Å². The van der Waals surface area contributed by atoms with E-state index in [2.05, 4.69) is 10.1 Å². The molecule has 0 fully saturated rings. The number of nitrogens with one attached hydrogen (secondary N) is 1. The van der Waals surface area contributed by atoms with E-state index in [0.717, 1.165) is 16.8 Å². The van der Waals surface area contributed by atoms with Crippen molar-refractivity contribution >= 4 is 19.3 Å². The molecule has 1 N–H and O–H groups in total. The van der Waals surface area contributed by atoms with Crippen molar-refractivity contribution in [2.45, 2.75) is 52.9 Å². The highest BCUT2D eigenvalue weighted by molar-refractivity contribution is 7.64. The van der Waals surface area contributed by atoms with Crippen molar-refractivity contribution in [2.75, 3.05) is 5.32 Å². The van der Waals surface area contributed by atoms with Gasteiger partial charge in [-0.15, -0.1) is 0 Å². The van der Waals surface area contributed by atoms with E-state index in [-0.39, 0.29) is 11.3 Å². The molecule has 0 aromatic heterocycles. The number of hydrogen-bond acceptors (Lipinski definition) is 1. The summed E-state index contributed by atoms with van der Waals surface area (Å²) < 4.78 is 17.1. The lowest BCUT2D eigenvalue weighted by Gasteiger charge is -2.21. The fourth-order valence-electron chi connectivity index (χ4n) is 2.09. The van der Waals surface area contributed by atoms with E-state index in [1.807, 2.05) is 59.7 Å². The minimum Gasteiger partial charge on any atom is -0.346 e. The van der Waals surface area contributed by atoms with Gasteiger partial charge in [-0.3, -0.25) is 4.57 Å². The van der Waals surface area contributed by atoms with Crippen LogP contribution in [0, 0.1) is 13.8 Å². The Labute approximate surface area is 117 Å². The molecule has 19 heavy (non-hydrogen) atoms. The molecule has 0 saturated carbocycles. The highest BCUT2D eigenvalue weighted by Crippen LogP contribution is 2.56. The van der Waals surface area contributed by atoms with Gasteiger partial charge in [0.2, 0.25) is 0 Å². The molecule has 0 bridgehead atoms. The maximum atomic E-state index is 12.7. The van der Waals surface area contributed by atoms with Crippen molar-refractivity contribution in [3.05, 3.63) is 29.3 Å². The van der Waals surface area contributed by atoms with Crippen molar-refractivity contribution < 1.29 is 4.57 Å². The van der Waals surface area contributed by atoms with Crippen molar-refractivity contribution in [3.8, 4) is 0 Å². The lowest BCUT2D eigenvalue weighted by Crippen LogP contribution is -2.08. The van der Waals surface area contributed by atoms with Crippen LogP contribution in [0.25, 0.3) is 0 Å². The molecule has 0 aliphatic heterocycles. The Morgan fingerprint density at radius 3 is 2.00 bits per heavy atom. The molecule has 1 aromatic carbocycles. The molecule has 0 heterocycles. The van der Waals surface area contributed by atoms with Crippen molar-refractivity contribution in [2.24, 2.45) is 4.76 Å². The zero-order chi connectivity index (χ0) is 14.6. The Bertz CT molecular complexity index is 475. The lowest BCUT2D eigenvalue weighted by molar-refractivity contribution is 0.563. The monoisotopic (exact) mass is 280 g/mol. The molecule has 3 nitrogen and oxygen atoms in total. The largest absolute Gasteiger partial charge is 0.346 e. The highest BCUT2D eigenvalue weighted by atomic mass is 31.2. The van der Waals surface area contributed by atoms with Gasteiger partial charge in [0.05, 0.1) is 6.34 Å². The number of nitrogens with zero attached hydrogens (tertiary/aromatic N) is 1. The van der Waals surface area contributed by atoms with Crippen molar-refractivity contribution in [3.63, 3.8) is 0 Å². The maximum Gasteiger partial charge on any atom is 0.196 e. The van der Waals surface area contributed by atoms with E-state index in [1.54, 1.807) is 6.34 Å². The van der Waals surface area contributed by atoms with Crippen molar-refractivity contribution in [1.82, 2.24) is 0 Å². The summed E-state index contributed by atoms with van der Waals surface area (Å²) in [7, 11) is -2.52. The van der Waals surface area contributed by atoms with Gasteiger partial charge in [0.1, 0.15) is 0 Å². The van der Waals surface area contributed by atoms with Gasteiger partial charge in [0.25, 0.3) is 0 Å². The fraction of sp³-hybridized carbons (Fsp3) is 0.533. The Morgan fingerprint density at radius 2 is 1.58 bits per heavy atom. The molecule has 0 spiro atoms. The van der Waals surface area contributed by atoms with Crippen LogP contribution in [0.15, 0.2) is 23.0 Å². The van der Waals surface area contributed by atoms with Gasteiger partial charge in [0, 0.05) is 17.0 Å². The topological polar surface area (TPSA) is 41.5 Å². The van der Waals surface area contributed by atoms with E-state index in [1.165, 1.54) is 0 Å². The first-order chi connectivity index (χ1) is 8.79. The van der Waals surface area contributed by atoms with Crippen molar-refractivity contribution in [1.29, 1.82) is 0 Å². The molecule has 106 valence electrons. The van der Waals surface area contributed by atoms with Gasteiger partial charge >= 0.3 is 0 Å². The van der Waals surface area contributed by atoms with Crippen LogP contribution in [0.1, 0.15) is 38.8 Å². The van der Waals surface area contributed by atoms with E-state index < -0.39 is 7.29 Å². The Hall–Kier alpha value is -1.08. The molecule has 0 amide bonds. The predicted molar refractivity (Wildman–Crippen MR) is 85.9 cm³/mol. The zero-order valence-corrected chi connectivity index (χ0v) is 13.7. The molecule has 0 saturated heterocycles. The standard InChI is InChI=1S/C15H25N2OP/c1-11(2)19(18,12(3)4)17-10-16-15-13(5)8-7-9-14(15)6/h7-12H,1-6H3,(H,16,17,18). The number of hydrogen-bond donors (Lipinski definition) is 1. The van der Waals surface area contributed by atoms with E-state index in [4.69, 9.17) is 0 Å². The molecule has 0 radical (unpaired) electrons. The second kappa shape index (κ2) is 6.38. The van der Waals surface area contributed by atoms with Crippen LogP contribution in [-0.4, -0.2) is 17.7 Å². The summed E-state index contributed by atoms with van der Waals surface area (Å²) in [5, 5.41) is 3.18.